The van der Waals surface area contributed by atoms with E-state index in [1.165, 1.54) is 6.33 Å². The van der Waals surface area contributed by atoms with E-state index in [1.807, 2.05) is 6.07 Å². The van der Waals surface area contributed by atoms with Crippen molar-refractivity contribution in [1.29, 1.82) is 0 Å². The monoisotopic (exact) mass is 551 g/mol. The van der Waals surface area contributed by atoms with E-state index in [9.17, 15) is 4.79 Å². The first kappa shape index (κ1) is 27.5. The molecule has 4 rings (SSSR count). The van der Waals surface area contributed by atoms with Crippen molar-refractivity contribution in [2.75, 3.05) is 11.9 Å². The highest BCUT2D eigenvalue weighted by Crippen LogP contribution is 2.43. The fourth-order valence-corrected chi connectivity index (χ4v) is 5.38. The highest BCUT2D eigenvalue weighted by molar-refractivity contribution is 7.78. The lowest BCUT2D eigenvalue weighted by atomic mass is 10.1. The molecule has 1 N–H and O–H groups in total. The quantitative estimate of drug-likeness (QED) is 0.101. The maximum Gasteiger partial charge on any atom is 0.256 e. The number of anilines is 1. The third kappa shape index (κ3) is 5.51. The van der Waals surface area contributed by atoms with E-state index in [0.717, 1.165) is 0 Å². The standard InChI is InChI=1S/C24H29N9O3SSi/c1-24(2,3)38(4,5)36-19-17(29-14-37)16(11-30-32-25)35-23(19)33-13-28-18-20(26-12-27-21(18)33)31-22(34)15-9-7-6-8-10-15/h6-10,12-13,16-17,19,23H,11H2,1-5H3,(H,26,27,31,34)/t16-,17-,19?,23-/m1/s1. The number of thiocarbonyl (C=S) groups is 1. The predicted octanol–water partition coefficient (Wildman–Crippen LogP) is 5.15. The largest absolute Gasteiger partial charge is 0.407 e. The molecular weight excluding hydrogens is 522 g/mol. The molecule has 1 unspecified atom stereocenters. The number of fused-ring (bicyclic) bond motifs is 1. The maximum atomic E-state index is 12.8. The number of hydrogen-bond acceptors (Lipinski definition) is 9. The normalized spacial score (nSPS) is 21.5. The summed E-state index contributed by atoms with van der Waals surface area (Å²) in [6.07, 6.45) is 1.03. The van der Waals surface area contributed by atoms with Crippen LogP contribution in [0, 0.1) is 0 Å². The van der Waals surface area contributed by atoms with Gasteiger partial charge in [0.1, 0.15) is 18.5 Å². The van der Waals surface area contributed by atoms with Crippen LogP contribution in [-0.4, -0.2) is 63.7 Å². The van der Waals surface area contributed by atoms with E-state index >= 15 is 0 Å². The van der Waals surface area contributed by atoms with Crippen LogP contribution in [0.1, 0.15) is 37.4 Å². The zero-order chi connectivity index (χ0) is 27.5. The van der Waals surface area contributed by atoms with E-state index < -0.39 is 32.8 Å². The van der Waals surface area contributed by atoms with E-state index in [-0.39, 0.29) is 23.3 Å². The number of nitrogens with zero attached hydrogens (tertiary/aromatic N) is 8. The number of carbonyl (C=O) groups excluding carboxylic acids is 1. The summed E-state index contributed by atoms with van der Waals surface area (Å²) in [4.78, 5) is 33.2. The van der Waals surface area contributed by atoms with Gasteiger partial charge in [-0.15, -0.1) is 0 Å². The van der Waals surface area contributed by atoms with E-state index in [4.69, 9.17) is 26.9 Å². The van der Waals surface area contributed by atoms with Gasteiger partial charge in [0, 0.05) is 10.5 Å². The van der Waals surface area contributed by atoms with Crippen LogP contribution >= 0.6 is 12.2 Å². The summed E-state index contributed by atoms with van der Waals surface area (Å²) in [5.74, 6) is -0.0530. The summed E-state index contributed by atoms with van der Waals surface area (Å²) in [5, 5.41) is 8.88. The molecule has 0 aliphatic carbocycles. The molecular formula is C24H29N9O3SSi. The number of azide groups is 1. The second kappa shape index (κ2) is 11.1. The van der Waals surface area contributed by atoms with Gasteiger partial charge in [0.15, 0.2) is 31.5 Å². The smallest absolute Gasteiger partial charge is 0.256 e. The Morgan fingerprint density at radius 3 is 2.68 bits per heavy atom. The Morgan fingerprint density at radius 1 is 1.29 bits per heavy atom. The van der Waals surface area contributed by atoms with E-state index in [1.54, 1.807) is 35.2 Å². The van der Waals surface area contributed by atoms with Crippen molar-refractivity contribution in [3.63, 3.8) is 0 Å². The van der Waals surface area contributed by atoms with Gasteiger partial charge < -0.3 is 14.5 Å². The van der Waals surface area contributed by atoms with Crippen LogP contribution in [0.2, 0.25) is 18.1 Å². The number of isothiocyanates is 1. The van der Waals surface area contributed by atoms with Crippen molar-refractivity contribution < 1.29 is 14.0 Å². The molecule has 0 saturated carbocycles. The van der Waals surface area contributed by atoms with Gasteiger partial charge in [-0.1, -0.05) is 44.1 Å². The van der Waals surface area contributed by atoms with E-state index in [0.29, 0.717) is 16.7 Å². The molecule has 1 amide bonds. The summed E-state index contributed by atoms with van der Waals surface area (Å²) < 4.78 is 14.9. The van der Waals surface area contributed by atoms with Crippen LogP contribution in [0.3, 0.4) is 0 Å². The van der Waals surface area contributed by atoms with Gasteiger partial charge in [0.2, 0.25) is 0 Å². The van der Waals surface area contributed by atoms with Gasteiger partial charge >= 0.3 is 0 Å². The average molecular weight is 552 g/mol. The number of carbonyl (C=O) groups is 1. The van der Waals surface area contributed by atoms with Gasteiger partial charge in [-0.2, -0.15) is 0 Å². The lowest BCUT2D eigenvalue weighted by Crippen LogP contribution is -2.48. The minimum atomic E-state index is -2.32. The number of aromatic nitrogens is 4. The Kier molecular flexibility index (Phi) is 8.02. The molecule has 12 nitrogen and oxygen atoms in total. The minimum absolute atomic E-state index is 0.0372. The van der Waals surface area contributed by atoms with Crippen LogP contribution in [0.5, 0.6) is 0 Å². The summed E-state index contributed by atoms with van der Waals surface area (Å²) in [6, 6.07) is 8.26. The average Bonchev–Trinajstić information content (AvgIpc) is 3.45. The first-order valence-corrected chi connectivity index (χ1v) is 15.3. The third-order valence-corrected chi connectivity index (χ3v) is 11.6. The predicted molar refractivity (Wildman–Crippen MR) is 149 cm³/mol. The molecule has 3 aromatic rings. The van der Waals surface area contributed by atoms with E-state index in [2.05, 4.69) is 74.3 Å². The van der Waals surface area contributed by atoms with Crippen molar-refractivity contribution in [2.24, 2.45) is 10.1 Å². The molecule has 14 heteroatoms. The SMILES string of the molecule is CC(C)(C)[Si](C)(C)OC1[C@H](n2cnc3c(NC(=O)c4ccccc4)ncnc32)O[C@H](CN=[N+]=[N-])[C@H]1N=C=S. The van der Waals surface area contributed by atoms with Crippen LogP contribution in [0.25, 0.3) is 21.6 Å². The van der Waals surface area contributed by atoms with Crippen molar-refractivity contribution in [3.8, 4) is 0 Å². The molecule has 198 valence electrons. The molecule has 1 aromatic carbocycles. The fraction of sp³-hybridized carbons (Fsp3) is 0.458. The first-order valence-electron chi connectivity index (χ1n) is 12.0. The molecule has 38 heavy (non-hydrogen) atoms. The van der Waals surface area contributed by atoms with Crippen LogP contribution in [0.4, 0.5) is 5.82 Å². The van der Waals surface area contributed by atoms with Crippen molar-refractivity contribution >= 4 is 48.6 Å². The van der Waals surface area contributed by atoms with Gasteiger partial charge in [0.25, 0.3) is 5.91 Å². The Bertz CT molecular complexity index is 1410. The molecule has 0 bridgehead atoms. The molecule has 1 saturated heterocycles. The Hall–Kier alpha value is -3.51. The number of benzene rings is 1. The molecule has 0 spiro atoms. The third-order valence-electron chi connectivity index (χ3n) is 6.98. The highest BCUT2D eigenvalue weighted by Gasteiger charge is 2.51. The van der Waals surface area contributed by atoms with Crippen LogP contribution in [-0.2, 0) is 9.16 Å². The number of amides is 1. The minimum Gasteiger partial charge on any atom is -0.407 e. The number of imidazole rings is 1. The van der Waals surface area contributed by atoms with Gasteiger partial charge in [-0.3, -0.25) is 9.36 Å². The number of nitrogens with one attached hydrogen (secondary N) is 1. The molecule has 1 aliphatic rings. The van der Waals surface area contributed by atoms with Gasteiger partial charge in [0.05, 0.1) is 24.1 Å². The lowest BCUT2D eigenvalue weighted by molar-refractivity contribution is -0.0285. The fourth-order valence-electron chi connectivity index (χ4n) is 3.97. The lowest BCUT2D eigenvalue weighted by Gasteiger charge is -2.40. The Balaban J connectivity index is 1.75. The second-order valence-corrected chi connectivity index (χ2v) is 15.3. The topological polar surface area (TPSA) is 152 Å². The van der Waals surface area contributed by atoms with Crippen LogP contribution in [0.15, 0.2) is 53.1 Å². The van der Waals surface area contributed by atoms with Gasteiger partial charge in [-0.05, 0) is 48.0 Å². The molecule has 0 radical (unpaired) electrons. The maximum absolute atomic E-state index is 12.8. The molecule has 2 aromatic heterocycles. The first-order chi connectivity index (χ1) is 18.1. The summed E-state index contributed by atoms with van der Waals surface area (Å²) in [7, 11) is -2.32. The Labute approximate surface area is 226 Å². The molecule has 3 heterocycles. The van der Waals surface area contributed by atoms with Crippen molar-refractivity contribution in [1.82, 2.24) is 19.5 Å². The summed E-state index contributed by atoms with van der Waals surface area (Å²) in [6.45, 7) is 10.7. The molecule has 4 atom stereocenters. The van der Waals surface area contributed by atoms with Crippen LogP contribution < -0.4 is 5.32 Å². The number of aliphatic imine (C=N–C) groups is 1. The second-order valence-electron chi connectivity index (χ2n) is 10.4. The number of ether oxygens (including phenoxy) is 1. The summed E-state index contributed by atoms with van der Waals surface area (Å²) >= 11 is 4.94. The highest BCUT2D eigenvalue weighted by atomic mass is 32.1. The molecule has 1 fully saturated rings. The Morgan fingerprint density at radius 2 is 2.03 bits per heavy atom. The zero-order valence-electron chi connectivity index (χ0n) is 21.8. The number of hydrogen-bond donors (Lipinski definition) is 1. The molecule has 1 aliphatic heterocycles. The number of rotatable bonds is 8. The van der Waals surface area contributed by atoms with Crippen molar-refractivity contribution in [3.05, 3.63) is 59.0 Å². The van der Waals surface area contributed by atoms with Crippen molar-refractivity contribution in [2.45, 2.75) is 63.4 Å². The van der Waals surface area contributed by atoms with Gasteiger partial charge in [-0.25, -0.2) is 19.9 Å². The summed E-state index contributed by atoms with van der Waals surface area (Å²) in [5.41, 5.74) is 10.2. The zero-order valence-corrected chi connectivity index (χ0v) is 23.6.